The molecule has 0 aromatic heterocycles. The lowest BCUT2D eigenvalue weighted by Crippen LogP contribution is -2.42. The summed E-state index contributed by atoms with van der Waals surface area (Å²) in [6.07, 6.45) is 1.66. The molecule has 26 heavy (non-hydrogen) atoms. The SMILES string of the molecule is CCCNC(=O)N1CCCN(C(=O)c2ccc(OC)c(C)c2OC)CC1. The van der Waals surface area contributed by atoms with Crippen molar-refractivity contribution in [3.63, 3.8) is 0 Å². The van der Waals surface area contributed by atoms with E-state index >= 15 is 0 Å². The normalized spacial score (nSPS) is 14.6. The lowest BCUT2D eigenvalue weighted by atomic mass is 10.1. The minimum Gasteiger partial charge on any atom is -0.496 e. The zero-order chi connectivity index (χ0) is 19.1. The fraction of sp³-hybridized carbons (Fsp3) is 0.579. The van der Waals surface area contributed by atoms with Crippen LogP contribution in [0, 0.1) is 6.92 Å². The molecule has 0 aliphatic carbocycles. The molecule has 1 saturated heterocycles. The number of urea groups is 1. The Hall–Kier alpha value is -2.44. The quantitative estimate of drug-likeness (QED) is 0.871. The summed E-state index contributed by atoms with van der Waals surface area (Å²) in [6.45, 7) is 6.86. The van der Waals surface area contributed by atoms with E-state index in [9.17, 15) is 9.59 Å². The van der Waals surface area contributed by atoms with Gasteiger partial charge < -0.3 is 24.6 Å². The molecular formula is C19H29N3O4. The van der Waals surface area contributed by atoms with E-state index in [2.05, 4.69) is 5.32 Å². The Bertz CT molecular complexity index is 648. The molecule has 0 radical (unpaired) electrons. The summed E-state index contributed by atoms with van der Waals surface area (Å²) in [7, 11) is 3.15. The molecule has 0 saturated carbocycles. The van der Waals surface area contributed by atoms with E-state index in [1.165, 1.54) is 0 Å². The van der Waals surface area contributed by atoms with Gasteiger partial charge in [0.1, 0.15) is 11.5 Å². The van der Waals surface area contributed by atoms with Crippen molar-refractivity contribution in [1.29, 1.82) is 0 Å². The van der Waals surface area contributed by atoms with Gasteiger partial charge in [0, 0.05) is 38.3 Å². The summed E-state index contributed by atoms with van der Waals surface area (Å²) >= 11 is 0. The van der Waals surface area contributed by atoms with Gasteiger partial charge in [-0.15, -0.1) is 0 Å². The first-order valence-corrected chi connectivity index (χ1v) is 9.07. The van der Waals surface area contributed by atoms with Gasteiger partial charge in [0.2, 0.25) is 0 Å². The van der Waals surface area contributed by atoms with Crippen LogP contribution in [0.5, 0.6) is 11.5 Å². The topological polar surface area (TPSA) is 71.1 Å². The molecule has 1 heterocycles. The van der Waals surface area contributed by atoms with Crippen molar-refractivity contribution in [3.05, 3.63) is 23.3 Å². The number of carbonyl (C=O) groups is 2. The minimum absolute atomic E-state index is 0.0565. The standard InChI is InChI=1S/C19H29N3O4/c1-5-9-20-19(24)22-11-6-10-21(12-13-22)18(23)15-7-8-16(25-3)14(2)17(15)26-4/h7-8H,5-6,9-13H2,1-4H3,(H,20,24). The Balaban J connectivity index is 2.11. The Morgan fingerprint density at radius 2 is 1.77 bits per heavy atom. The molecule has 1 aliphatic heterocycles. The van der Waals surface area contributed by atoms with Crippen LogP contribution < -0.4 is 14.8 Å². The van der Waals surface area contributed by atoms with Crippen LogP contribution in [0.15, 0.2) is 12.1 Å². The summed E-state index contributed by atoms with van der Waals surface area (Å²) < 4.78 is 10.8. The third-order valence-corrected chi connectivity index (χ3v) is 4.61. The van der Waals surface area contributed by atoms with Crippen LogP contribution in [0.2, 0.25) is 0 Å². The van der Waals surface area contributed by atoms with Gasteiger partial charge in [-0.25, -0.2) is 4.79 Å². The Morgan fingerprint density at radius 1 is 1.08 bits per heavy atom. The first-order valence-electron chi connectivity index (χ1n) is 9.07. The van der Waals surface area contributed by atoms with Crippen LogP contribution in [0.4, 0.5) is 4.79 Å². The molecular weight excluding hydrogens is 334 g/mol. The smallest absolute Gasteiger partial charge is 0.317 e. The van der Waals surface area contributed by atoms with Crippen LogP contribution in [0.3, 0.4) is 0 Å². The van der Waals surface area contributed by atoms with E-state index < -0.39 is 0 Å². The zero-order valence-electron chi connectivity index (χ0n) is 16.1. The molecule has 3 amide bonds. The molecule has 0 bridgehead atoms. The highest BCUT2D eigenvalue weighted by Crippen LogP contribution is 2.32. The average molecular weight is 363 g/mol. The molecule has 144 valence electrons. The number of hydrogen-bond acceptors (Lipinski definition) is 4. The van der Waals surface area contributed by atoms with Gasteiger partial charge >= 0.3 is 6.03 Å². The second-order valence-electron chi connectivity index (χ2n) is 6.34. The molecule has 7 heteroatoms. The monoisotopic (exact) mass is 363 g/mol. The van der Waals surface area contributed by atoms with Gasteiger partial charge in [-0.1, -0.05) is 6.92 Å². The predicted molar refractivity (Wildman–Crippen MR) is 100 cm³/mol. The number of carbonyl (C=O) groups excluding carboxylic acids is 2. The van der Waals surface area contributed by atoms with Crippen LogP contribution in [-0.4, -0.2) is 68.7 Å². The maximum Gasteiger partial charge on any atom is 0.317 e. The highest BCUT2D eigenvalue weighted by Gasteiger charge is 2.25. The lowest BCUT2D eigenvalue weighted by Gasteiger charge is -2.23. The maximum atomic E-state index is 13.0. The third kappa shape index (κ3) is 4.39. The summed E-state index contributed by atoms with van der Waals surface area (Å²) in [4.78, 5) is 28.7. The molecule has 1 aromatic carbocycles. The number of hydrogen-bond donors (Lipinski definition) is 1. The van der Waals surface area contributed by atoms with Gasteiger partial charge in [0.05, 0.1) is 19.8 Å². The van der Waals surface area contributed by atoms with Gasteiger partial charge in [-0.3, -0.25) is 4.79 Å². The number of ether oxygens (including phenoxy) is 2. The van der Waals surface area contributed by atoms with Gasteiger partial charge in [0.15, 0.2) is 0 Å². The Morgan fingerprint density at radius 3 is 2.42 bits per heavy atom. The van der Waals surface area contributed by atoms with Crippen LogP contribution in [0.1, 0.15) is 35.7 Å². The molecule has 1 aromatic rings. The third-order valence-electron chi connectivity index (χ3n) is 4.61. The largest absolute Gasteiger partial charge is 0.496 e. The van der Waals surface area contributed by atoms with Crippen LogP contribution >= 0.6 is 0 Å². The fourth-order valence-electron chi connectivity index (χ4n) is 3.16. The van der Waals surface area contributed by atoms with E-state index in [0.717, 1.165) is 18.4 Å². The highest BCUT2D eigenvalue weighted by molar-refractivity contribution is 5.97. The molecule has 2 rings (SSSR count). The van der Waals surface area contributed by atoms with Crippen LogP contribution in [0.25, 0.3) is 0 Å². The number of nitrogens with zero attached hydrogens (tertiary/aromatic N) is 2. The molecule has 0 unspecified atom stereocenters. The molecule has 0 spiro atoms. The summed E-state index contributed by atoms with van der Waals surface area (Å²) in [5.41, 5.74) is 1.32. The Labute approximate surface area is 155 Å². The molecule has 0 atom stereocenters. The zero-order valence-corrected chi connectivity index (χ0v) is 16.1. The fourth-order valence-corrected chi connectivity index (χ4v) is 3.16. The van der Waals surface area contributed by atoms with E-state index in [0.29, 0.717) is 49.8 Å². The van der Waals surface area contributed by atoms with Crippen molar-refractivity contribution >= 4 is 11.9 Å². The molecule has 1 aliphatic rings. The van der Waals surface area contributed by atoms with E-state index in [1.54, 1.807) is 36.2 Å². The van der Waals surface area contributed by atoms with Crippen molar-refractivity contribution in [2.24, 2.45) is 0 Å². The van der Waals surface area contributed by atoms with Crippen molar-refractivity contribution < 1.29 is 19.1 Å². The van der Waals surface area contributed by atoms with Gasteiger partial charge in [-0.2, -0.15) is 0 Å². The van der Waals surface area contributed by atoms with Crippen molar-refractivity contribution in [2.75, 3.05) is 46.9 Å². The van der Waals surface area contributed by atoms with Crippen molar-refractivity contribution in [2.45, 2.75) is 26.7 Å². The predicted octanol–water partition coefficient (Wildman–Crippen LogP) is 2.28. The molecule has 1 N–H and O–H groups in total. The number of amides is 3. The maximum absolute atomic E-state index is 13.0. The second kappa shape index (κ2) is 9.31. The summed E-state index contributed by atoms with van der Waals surface area (Å²) in [5.74, 6) is 1.15. The van der Waals surface area contributed by atoms with Gasteiger partial charge in [-0.05, 0) is 31.9 Å². The summed E-state index contributed by atoms with van der Waals surface area (Å²) in [6, 6.07) is 3.47. The number of nitrogens with one attached hydrogen (secondary N) is 1. The first kappa shape index (κ1) is 19.9. The molecule has 7 nitrogen and oxygen atoms in total. The Kier molecular flexibility index (Phi) is 7.12. The summed E-state index contributed by atoms with van der Waals surface area (Å²) in [5, 5.41) is 2.89. The van der Waals surface area contributed by atoms with E-state index in [4.69, 9.17) is 9.47 Å². The number of rotatable bonds is 5. The first-order chi connectivity index (χ1) is 12.5. The van der Waals surface area contributed by atoms with Crippen LogP contribution in [-0.2, 0) is 0 Å². The second-order valence-corrected chi connectivity index (χ2v) is 6.34. The number of benzene rings is 1. The lowest BCUT2D eigenvalue weighted by molar-refractivity contribution is 0.0758. The number of methoxy groups -OCH3 is 2. The van der Waals surface area contributed by atoms with Crippen molar-refractivity contribution in [3.8, 4) is 11.5 Å². The van der Waals surface area contributed by atoms with E-state index in [-0.39, 0.29) is 11.9 Å². The van der Waals surface area contributed by atoms with Gasteiger partial charge in [0.25, 0.3) is 5.91 Å². The molecule has 1 fully saturated rings. The average Bonchev–Trinajstić information content (AvgIpc) is 2.91. The minimum atomic E-state index is -0.0802. The highest BCUT2D eigenvalue weighted by atomic mass is 16.5. The van der Waals surface area contributed by atoms with Crippen molar-refractivity contribution in [1.82, 2.24) is 15.1 Å². The van der Waals surface area contributed by atoms with E-state index in [1.807, 2.05) is 13.8 Å².